The van der Waals surface area contributed by atoms with Crippen LogP contribution in [-0.2, 0) is 0 Å². The van der Waals surface area contributed by atoms with Crippen molar-refractivity contribution in [3.8, 4) is 28.6 Å². The number of benzene rings is 7. The summed E-state index contributed by atoms with van der Waals surface area (Å²) in [4.78, 5) is 0. The molecule has 218 valence electrons. The molecule has 0 aliphatic rings. The highest BCUT2D eigenvalue weighted by atomic mass is 16.3. The second-order valence-electron chi connectivity index (χ2n) is 12.0. The van der Waals surface area contributed by atoms with Gasteiger partial charge < -0.3 is 13.6 Å². The van der Waals surface area contributed by atoms with Crippen LogP contribution in [0.15, 0.2) is 156 Å². The van der Waals surface area contributed by atoms with Crippen molar-refractivity contribution in [1.82, 2.24) is 9.13 Å². The Morgan fingerprint density at radius 3 is 1.70 bits per heavy atom. The Balaban J connectivity index is 1.27. The molecule has 47 heavy (non-hydrogen) atoms. The lowest BCUT2D eigenvalue weighted by molar-refractivity contribution is 0.669. The average molecular weight is 600 g/mol. The monoisotopic (exact) mass is 599 g/mol. The third-order valence-corrected chi connectivity index (χ3v) is 9.57. The lowest BCUT2D eigenvalue weighted by Crippen LogP contribution is -2.00. The van der Waals surface area contributed by atoms with Gasteiger partial charge in [0.2, 0.25) is 0 Å². The molecule has 0 spiro atoms. The maximum absolute atomic E-state index is 10.5. The number of hydrogen-bond donors (Lipinski definition) is 0. The second-order valence-corrected chi connectivity index (χ2v) is 12.0. The van der Waals surface area contributed by atoms with Gasteiger partial charge in [-0.15, -0.1) is 0 Å². The van der Waals surface area contributed by atoms with Crippen molar-refractivity contribution in [2.45, 2.75) is 0 Å². The summed E-state index contributed by atoms with van der Waals surface area (Å²) in [5.41, 5.74) is 10.8. The molecule has 0 aliphatic heterocycles. The highest BCUT2D eigenvalue weighted by molar-refractivity contribution is 6.17. The summed E-state index contributed by atoms with van der Waals surface area (Å²) >= 11 is 0. The molecule has 0 fully saturated rings. The zero-order chi connectivity index (χ0) is 31.1. The molecule has 0 saturated heterocycles. The quantitative estimate of drug-likeness (QED) is 0.203. The first-order valence-electron chi connectivity index (χ1n) is 15.8. The zero-order valence-corrected chi connectivity index (χ0v) is 25.2. The number of hydrogen-bond acceptors (Lipinski definition) is 2. The van der Waals surface area contributed by atoms with E-state index in [4.69, 9.17) is 4.42 Å². The van der Waals surface area contributed by atoms with Gasteiger partial charge in [0.15, 0.2) is 0 Å². The summed E-state index contributed by atoms with van der Waals surface area (Å²) in [6.07, 6.45) is 0. The Labute approximate surface area is 269 Å². The third kappa shape index (κ3) is 3.63. The van der Waals surface area contributed by atoms with Gasteiger partial charge in [-0.25, -0.2) is 0 Å². The van der Waals surface area contributed by atoms with Crippen molar-refractivity contribution in [3.05, 3.63) is 157 Å². The van der Waals surface area contributed by atoms with Crippen molar-refractivity contribution in [2.24, 2.45) is 0 Å². The summed E-state index contributed by atoms with van der Waals surface area (Å²) in [7, 11) is 0. The van der Waals surface area contributed by atoms with Gasteiger partial charge >= 0.3 is 0 Å². The summed E-state index contributed by atoms with van der Waals surface area (Å²) in [6, 6.07) is 55.4. The number of para-hydroxylation sites is 5. The molecule has 0 saturated carbocycles. The normalized spacial score (nSPS) is 11.8. The van der Waals surface area contributed by atoms with Crippen LogP contribution in [0.5, 0.6) is 0 Å². The molecule has 0 bridgehead atoms. The van der Waals surface area contributed by atoms with Crippen LogP contribution in [0.2, 0.25) is 0 Å². The molecular formula is C43H25N3O. The van der Waals surface area contributed by atoms with Gasteiger partial charge in [-0.05, 0) is 60.2 Å². The Morgan fingerprint density at radius 1 is 0.426 bits per heavy atom. The molecule has 3 heterocycles. The highest BCUT2D eigenvalue weighted by Gasteiger charge is 2.20. The first-order chi connectivity index (χ1) is 23.3. The van der Waals surface area contributed by atoms with Gasteiger partial charge in [0.05, 0.1) is 39.0 Å². The van der Waals surface area contributed by atoms with Gasteiger partial charge in [0.1, 0.15) is 17.2 Å². The van der Waals surface area contributed by atoms with E-state index in [1.807, 2.05) is 24.3 Å². The van der Waals surface area contributed by atoms with Crippen LogP contribution in [0.1, 0.15) is 5.56 Å². The molecule has 0 N–H and O–H groups in total. The van der Waals surface area contributed by atoms with E-state index in [0.29, 0.717) is 5.56 Å². The minimum atomic E-state index is 0.614. The van der Waals surface area contributed by atoms with Crippen LogP contribution in [0.25, 0.3) is 88.1 Å². The molecule has 0 unspecified atom stereocenters. The number of fused-ring (bicyclic) bond motifs is 9. The fourth-order valence-electron chi connectivity index (χ4n) is 7.52. The van der Waals surface area contributed by atoms with E-state index in [2.05, 4.69) is 143 Å². The molecule has 7 aromatic carbocycles. The van der Waals surface area contributed by atoms with E-state index >= 15 is 0 Å². The first-order valence-corrected chi connectivity index (χ1v) is 15.8. The number of nitrogens with zero attached hydrogens (tertiary/aromatic N) is 3. The molecule has 0 amide bonds. The molecular weight excluding hydrogens is 574 g/mol. The third-order valence-electron chi connectivity index (χ3n) is 9.57. The number of nitriles is 1. The van der Waals surface area contributed by atoms with Crippen LogP contribution in [0.3, 0.4) is 0 Å². The minimum Gasteiger partial charge on any atom is -0.456 e. The predicted molar refractivity (Wildman–Crippen MR) is 193 cm³/mol. The predicted octanol–water partition coefficient (Wildman–Crippen LogP) is 11.3. The Hall–Kier alpha value is -6.57. The topological polar surface area (TPSA) is 46.8 Å². The van der Waals surface area contributed by atoms with E-state index in [1.54, 1.807) is 0 Å². The van der Waals surface area contributed by atoms with E-state index in [1.165, 1.54) is 10.8 Å². The van der Waals surface area contributed by atoms with Crippen molar-refractivity contribution in [1.29, 1.82) is 5.26 Å². The number of furan rings is 1. The van der Waals surface area contributed by atoms with E-state index in [-0.39, 0.29) is 0 Å². The molecule has 0 atom stereocenters. The van der Waals surface area contributed by atoms with Gasteiger partial charge in [-0.1, -0.05) is 97.1 Å². The Kier molecular flexibility index (Phi) is 5.32. The van der Waals surface area contributed by atoms with Gasteiger partial charge in [0.25, 0.3) is 0 Å². The smallest absolute Gasteiger partial charge is 0.136 e. The molecule has 10 rings (SSSR count). The summed E-state index contributed by atoms with van der Waals surface area (Å²) < 4.78 is 10.9. The summed E-state index contributed by atoms with van der Waals surface area (Å²) in [5.74, 6) is 0. The lowest BCUT2D eigenvalue weighted by atomic mass is 10.00. The number of rotatable bonds is 3. The van der Waals surface area contributed by atoms with Crippen LogP contribution < -0.4 is 0 Å². The fraction of sp³-hybridized carbons (Fsp3) is 0. The van der Waals surface area contributed by atoms with Crippen LogP contribution >= 0.6 is 0 Å². The van der Waals surface area contributed by atoms with Crippen molar-refractivity contribution >= 4 is 65.6 Å². The Morgan fingerprint density at radius 2 is 1.00 bits per heavy atom. The minimum absolute atomic E-state index is 0.614. The maximum Gasteiger partial charge on any atom is 0.136 e. The summed E-state index contributed by atoms with van der Waals surface area (Å²) in [5, 5.41) is 17.3. The zero-order valence-electron chi connectivity index (χ0n) is 25.2. The first kappa shape index (κ1) is 25.7. The van der Waals surface area contributed by atoms with E-state index in [9.17, 15) is 5.26 Å². The largest absolute Gasteiger partial charge is 0.456 e. The molecule has 0 radical (unpaired) electrons. The number of aromatic nitrogens is 2. The lowest BCUT2D eigenvalue weighted by Gasteiger charge is -2.16. The molecule has 3 aromatic heterocycles. The van der Waals surface area contributed by atoms with Crippen molar-refractivity contribution in [2.75, 3.05) is 0 Å². The van der Waals surface area contributed by atoms with Crippen LogP contribution in [0.4, 0.5) is 0 Å². The maximum atomic E-state index is 10.5. The van der Waals surface area contributed by atoms with Gasteiger partial charge in [-0.2, -0.15) is 5.26 Å². The summed E-state index contributed by atoms with van der Waals surface area (Å²) in [6.45, 7) is 0. The molecule has 4 heteroatoms. The molecule has 4 nitrogen and oxygen atoms in total. The van der Waals surface area contributed by atoms with Crippen molar-refractivity contribution in [3.63, 3.8) is 0 Å². The van der Waals surface area contributed by atoms with E-state index < -0.39 is 0 Å². The van der Waals surface area contributed by atoms with Crippen molar-refractivity contribution < 1.29 is 4.42 Å². The molecule has 0 aliphatic carbocycles. The van der Waals surface area contributed by atoms with E-state index in [0.717, 1.165) is 77.3 Å². The van der Waals surface area contributed by atoms with Crippen LogP contribution in [0, 0.1) is 11.3 Å². The average Bonchev–Trinajstić information content (AvgIpc) is 3.77. The van der Waals surface area contributed by atoms with Gasteiger partial charge in [0, 0.05) is 37.9 Å². The fourth-order valence-corrected chi connectivity index (χ4v) is 7.52. The SMILES string of the molecule is N#Cc1ccc(-c2ccccc2-n2c3ccccc3c3ccccc32)cc1-n1c2ccccc2c2cc3oc4ccccc4c3cc21. The second kappa shape index (κ2) is 9.71. The highest BCUT2D eigenvalue weighted by Crippen LogP contribution is 2.41. The molecule has 10 aromatic rings. The standard InChI is InChI=1S/C43H25N3O/c44-26-28-22-21-27(29-11-1-6-16-36(29)45-37-17-7-2-12-30(37)31-13-3-8-18-38(31)45)23-40(28)46-39-19-9-4-14-32(39)34-25-43-35(24-41(34)46)33-15-5-10-20-42(33)47-43/h1-25H. The van der Waals surface area contributed by atoms with Gasteiger partial charge in [-0.3, -0.25) is 0 Å². The Bertz CT molecular complexity index is 2880. The van der Waals surface area contributed by atoms with Crippen LogP contribution in [-0.4, -0.2) is 9.13 Å².